The van der Waals surface area contributed by atoms with Crippen LogP contribution in [-0.4, -0.2) is 24.4 Å². The molecule has 2 N–H and O–H groups in total. The second-order valence-electron chi connectivity index (χ2n) is 3.60. The molecular weight excluding hydrogens is 238 g/mol. The van der Waals surface area contributed by atoms with Crippen LogP contribution in [0.15, 0.2) is 24.3 Å². The van der Waals surface area contributed by atoms with Gasteiger partial charge in [0.05, 0.1) is 13.0 Å². The summed E-state index contributed by atoms with van der Waals surface area (Å²) in [5, 5.41) is 11.2. The van der Waals surface area contributed by atoms with Gasteiger partial charge in [-0.1, -0.05) is 12.1 Å². The van der Waals surface area contributed by atoms with E-state index in [-0.39, 0.29) is 13.2 Å². The molecule has 0 amide bonds. The van der Waals surface area contributed by atoms with E-state index < -0.39 is 24.5 Å². The fourth-order valence-electron chi connectivity index (χ4n) is 1.47. The number of hydrogen-bond acceptors (Lipinski definition) is 2. The standard InChI is InChI=1S/C11H13F4NO/c12-9-3-1-8(2-4-9)10(16-5-6-17)7-11(13,14)15/h1-4,10,16-17H,5-7H2/t10-/m1/s1. The maximum Gasteiger partial charge on any atom is 0.390 e. The molecule has 96 valence electrons. The van der Waals surface area contributed by atoms with Crippen LogP contribution in [0, 0.1) is 5.82 Å². The summed E-state index contributed by atoms with van der Waals surface area (Å²) in [6, 6.07) is 3.85. The molecule has 0 saturated heterocycles. The Kier molecular flexibility index (Phi) is 4.89. The smallest absolute Gasteiger partial charge is 0.390 e. The van der Waals surface area contributed by atoms with E-state index in [4.69, 9.17) is 5.11 Å². The Morgan fingerprint density at radius 3 is 2.24 bits per heavy atom. The molecule has 6 heteroatoms. The molecule has 1 aromatic rings. The van der Waals surface area contributed by atoms with E-state index in [9.17, 15) is 17.6 Å². The van der Waals surface area contributed by atoms with Gasteiger partial charge in [-0.25, -0.2) is 4.39 Å². The Hall–Kier alpha value is -1.14. The minimum absolute atomic E-state index is 0.0537. The monoisotopic (exact) mass is 251 g/mol. The van der Waals surface area contributed by atoms with Crippen LogP contribution in [0.3, 0.4) is 0 Å². The molecule has 0 aliphatic rings. The van der Waals surface area contributed by atoms with Gasteiger partial charge in [0.15, 0.2) is 0 Å². The number of aliphatic hydroxyl groups is 1. The van der Waals surface area contributed by atoms with Gasteiger partial charge in [-0.3, -0.25) is 0 Å². The van der Waals surface area contributed by atoms with Gasteiger partial charge < -0.3 is 10.4 Å². The molecule has 0 aliphatic carbocycles. The summed E-state index contributed by atoms with van der Waals surface area (Å²) in [7, 11) is 0. The van der Waals surface area contributed by atoms with Crippen LogP contribution in [0.5, 0.6) is 0 Å². The Morgan fingerprint density at radius 2 is 1.76 bits per heavy atom. The van der Waals surface area contributed by atoms with Crippen molar-refractivity contribution in [2.75, 3.05) is 13.2 Å². The van der Waals surface area contributed by atoms with Crippen LogP contribution in [0.2, 0.25) is 0 Å². The summed E-state index contributed by atoms with van der Waals surface area (Å²) >= 11 is 0. The number of benzene rings is 1. The average molecular weight is 251 g/mol. The Balaban J connectivity index is 2.78. The minimum Gasteiger partial charge on any atom is -0.395 e. The van der Waals surface area contributed by atoms with Crippen molar-refractivity contribution in [2.45, 2.75) is 18.6 Å². The van der Waals surface area contributed by atoms with Crippen molar-refractivity contribution in [1.29, 1.82) is 0 Å². The predicted octanol–water partition coefficient (Wildman–Crippen LogP) is 2.40. The third kappa shape index (κ3) is 5.14. The topological polar surface area (TPSA) is 32.3 Å². The maximum atomic E-state index is 12.7. The molecule has 0 radical (unpaired) electrons. The fraction of sp³-hybridized carbons (Fsp3) is 0.455. The molecule has 2 nitrogen and oxygen atoms in total. The minimum atomic E-state index is -4.32. The first-order valence-electron chi connectivity index (χ1n) is 5.09. The maximum absolute atomic E-state index is 12.7. The van der Waals surface area contributed by atoms with Gasteiger partial charge in [-0.2, -0.15) is 13.2 Å². The zero-order chi connectivity index (χ0) is 12.9. The van der Waals surface area contributed by atoms with Gasteiger partial charge in [0.25, 0.3) is 0 Å². The number of alkyl halides is 3. The number of hydrogen-bond donors (Lipinski definition) is 2. The van der Waals surface area contributed by atoms with Crippen molar-refractivity contribution in [2.24, 2.45) is 0 Å². The Bertz CT molecular complexity index is 336. The highest BCUT2D eigenvalue weighted by Crippen LogP contribution is 2.29. The molecule has 0 spiro atoms. The molecule has 1 rings (SSSR count). The second kappa shape index (κ2) is 5.97. The first-order valence-corrected chi connectivity index (χ1v) is 5.09. The molecule has 17 heavy (non-hydrogen) atoms. The molecule has 0 unspecified atom stereocenters. The van der Waals surface area contributed by atoms with Gasteiger partial charge in [0.2, 0.25) is 0 Å². The lowest BCUT2D eigenvalue weighted by molar-refractivity contribution is -0.140. The van der Waals surface area contributed by atoms with Crippen LogP contribution >= 0.6 is 0 Å². The van der Waals surface area contributed by atoms with Crippen LogP contribution in [0.1, 0.15) is 18.0 Å². The third-order valence-electron chi connectivity index (χ3n) is 2.21. The summed E-state index contributed by atoms with van der Waals surface area (Å²) in [6.45, 7) is -0.201. The van der Waals surface area contributed by atoms with Gasteiger partial charge in [0.1, 0.15) is 5.82 Å². The van der Waals surface area contributed by atoms with E-state index >= 15 is 0 Å². The van der Waals surface area contributed by atoms with E-state index in [2.05, 4.69) is 5.32 Å². The summed E-state index contributed by atoms with van der Waals surface area (Å²) in [6.07, 6.45) is -5.37. The van der Waals surface area contributed by atoms with Crippen LogP contribution in [0.25, 0.3) is 0 Å². The molecule has 0 bridgehead atoms. The summed E-state index contributed by atoms with van der Waals surface area (Å²) in [4.78, 5) is 0. The highest BCUT2D eigenvalue weighted by Gasteiger charge is 2.32. The van der Waals surface area contributed by atoms with Crippen molar-refractivity contribution in [1.82, 2.24) is 5.32 Å². The summed E-state index contributed by atoms with van der Waals surface area (Å²) in [5.41, 5.74) is 0.345. The van der Waals surface area contributed by atoms with E-state index in [1.807, 2.05) is 0 Å². The molecule has 1 atom stereocenters. The zero-order valence-corrected chi connectivity index (χ0v) is 8.97. The van der Waals surface area contributed by atoms with Crippen molar-refractivity contribution < 1.29 is 22.7 Å². The molecule has 0 saturated carbocycles. The lowest BCUT2D eigenvalue weighted by atomic mass is 10.0. The molecule has 0 fully saturated rings. The number of halogens is 4. The van der Waals surface area contributed by atoms with Gasteiger partial charge >= 0.3 is 6.18 Å². The van der Waals surface area contributed by atoms with E-state index in [1.165, 1.54) is 12.1 Å². The lowest BCUT2D eigenvalue weighted by Gasteiger charge is -2.20. The van der Waals surface area contributed by atoms with E-state index in [0.717, 1.165) is 12.1 Å². The Labute approximate surface area is 96.3 Å². The number of aliphatic hydroxyl groups excluding tert-OH is 1. The highest BCUT2D eigenvalue weighted by atomic mass is 19.4. The van der Waals surface area contributed by atoms with Gasteiger partial charge in [-0.15, -0.1) is 0 Å². The first-order chi connectivity index (χ1) is 7.92. The normalized spacial score (nSPS) is 13.7. The van der Waals surface area contributed by atoms with E-state index in [0.29, 0.717) is 5.56 Å². The highest BCUT2D eigenvalue weighted by molar-refractivity contribution is 5.20. The molecule has 0 aliphatic heterocycles. The van der Waals surface area contributed by atoms with E-state index in [1.54, 1.807) is 0 Å². The first kappa shape index (κ1) is 13.9. The van der Waals surface area contributed by atoms with Crippen molar-refractivity contribution >= 4 is 0 Å². The number of rotatable bonds is 5. The zero-order valence-electron chi connectivity index (χ0n) is 8.97. The van der Waals surface area contributed by atoms with Crippen molar-refractivity contribution in [3.8, 4) is 0 Å². The van der Waals surface area contributed by atoms with Crippen molar-refractivity contribution in [3.05, 3.63) is 35.6 Å². The Morgan fingerprint density at radius 1 is 1.18 bits per heavy atom. The van der Waals surface area contributed by atoms with Crippen LogP contribution in [0.4, 0.5) is 17.6 Å². The summed E-state index contributed by atoms with van der Waals surface area (Å²) < 4.78 is 49.6. The molecule has 1 aromatic carbocycles. The lowest BCUT2D eigenvalue weighted by Crippen LogP contribution is -2.28. The SMILES string of the molecule is OCCN[C@H](CC(F)(F)F)c1ccc(F)cc1. The summed E-state index contributed by atoms with van der Waals surface area (Å²) in [5.74, 6) is -0.498. The largest absolute Gasteiger partial charge is 0.395 e. The molecule has 0 aromatic heterocycles. The predicted molar refractivity (Wildman–Crippen MR) is 54.9 cm³/mol. The third-order valence-corrected chi connectivity index (χ3v) is 2.21. The second-order valence-corrected chi connectivity index (χ2v) is 3.60. The van der Waals surface area contributed by atoms with Crippen molar-refractivity contribution in [3.63, 3.8) is 0 Å². The van der Waals surface area contributed by atoms with Gasteiger partial charge in [0, 0.05) is 12.6 Å². The molecular formula is C11H13F4NO. The molecule has 0 heterocycles. The van der Waals surface area contributed by atoms with Crippen LogP contribution < -0.4 is 5.32 Å². The van der Waals surface area contributed by atoms with Gasteiger partial charge in [-0.05, 0) is 17.7 Å². The quantitative estimate of drug-likeness (QED) is 0.788. The number of nitrogens with one attached hydrogen (secondary N) is 1. The fourth-order valence-corrected chi connectivity index (χ4v) is 1.47. The average Bonchev–Trinajstić information content (AvgIpc) is 2.24. The van der Waals surface area contributed by atoms with Crippen LogP contribution in [-0.2, 0) is 0 Å².